The normalized spacial score (nSPS) is 21.2. The number of nitrogens with two attached hydrogens (primary N) is 2. The summed E-state index contributed by atoms with van der Waals surface area (Å²) < 4.78 is 0. The molecular weight excluding hydrogens is 268 g/mol. The Hall–Kier alpha value is -2.89. The summed E-state index contributed by atoms with van der Waals surface area (Å²) in [5.41, 5.74) is 11.6. The van der Waals surface area contributed by atoms with Crippen molar-refractivity contribution >= 4 is 22.8 Å². The molecule has 1 aliphatic rings. The highest BCUT2D eigenvalue weighted by Gasteiger charge is 2.39. The first-order valence-corrected chi connectivity index (χ1v) is 6.45. The molecular formula is C15H14N4O2. The number of fused-ring (bicyclic) bond motifs is 1. The van der Waals surface area contributed by atoms with Crippen LogP contribution in [0.1, 0.15) is 12.0 Å². The van der Waals surface area contributed by atoms with Gasteiger partial charge in [0.25, 0.3) is 0 Å². The lowest BCUT2D eigenvalue weighted by Crippen LogP contribution is -2.42. The number of H-pyrrole nitrogens is 1. The number of nitrogens with one attached hydrogen (secondary N) is 1. The molecule has 0 spiro atoms. The summed E-state index contributed by atoms with van der Waals surface area (Å²) in [4.78, 5) is 30.8. The molecule has 0 aliphatic heterocycles. The fourth-order valence-electron chi connectivity index (χ4n) is 2.61. The van der Waals surface area contributed by atoms with E-state index in [1.807, 2.05) is 12.1 Å². The third-order valence-corrected chi connectivity index (χ3v) is 3.82. The van der Waals surface area contributed by atoms with Gasteiger partial charge in [0.1, 0.15) is 5.65 Å². The molecule has 1 unspecified atom stereocenters. The molecule has 6 heteroatoms. The average Bonchev–Trinajstić information content (AvgIpc) is 2.94. The molecule has 0 radical (unpaired) electrons. The SMILES string of the molecule is NC(=O)C1=CC=CC(C(N)=O)(c2cnc3[nH]ccc3c2)C1. The number of aromatic nitrogens is 2. The number of carbonyl (C=O) groups is 2. The van der Waals surface area contributed by atoms with Gasteiger partial charge in [-0.25, -0.2) is 4.98 Å². The van der Waals surface area contributed by atoms with Gasteiger partial charge in [-0.1, -0.05) is 18.2 Å². The number of aromatic amines is 1. The largest absolute Gasteiger partial charge is 0.369 e. The molecule has 1 aliphatic carbocycles. The van der Waals surface area contributed by atoms with Gasteiger partial charge in [0, 0.05) is 23.4 Å². The second kappa shape index (κ2) is 4.59. The van der Waals surface area contributed by atoms with E-state index in [-0.39, 0.29) is 6.42 Å². The van der Waals surface area contributed by atoms with Crippen molar-refractivity contribution in [3.63, 3.8) is 0 Å². The van der Waals surface area contributed by atoms with E-state index in [2.05, 4.69) is 9.97 Å². The minimum absolute atomic E-state index is 0.145. The van der Waals surface area contributed by atoms with Crippen LogP contribution in [0.3, 0.4) is 0 Å². The van der Waals surface area contributed by atoms with Gasteiger partial charge >= 0.3 is 0 Å². The predicted octanol–water partition coefficient (Wildman–Crippen LogP) is 0.658. The van der Waals surface area contributed by atoms with E-state index in [0.29, 0.717) is 11.1 Å². The topological polar surface area (TPSA) is 115 Å². The molecule has 106 valence electrons. The minimum Gasteiger partial charge on any atom is -0.369 e. The first-order valence-electron chi connectivity index (χ1n) is 6.45. The van der Waals surface area contributed by atoms with Crippen molar-refractivity contribution < 1.29 is 9.59 Å². The molecule has 6 nitrogen and oxygen atoms in total. The van der Waals surface area contributed by atoms with Crippen LogP contribution in [-0.4, -0.2) is 21.8 Å². The molecule has 0 saturated carbocycles. The first kappa shape index (κ1) is 13.1. The zero-order valence-corrected chi connectivity index (χ0v) is 11.2. The lowest BCUT2D eigenvalue weighted by atomic mass is 9.72. The first-order chi connectivity index (χ1) is 10.0. The molecule has 0 saturated heterocycles. The number of primary amides is 2. The molecule has 2 heterocycles. The number of rotatable bonds is 3. The zero-order chi connectivity index (χ0) is 15.0. The number of amides is 2. The summed E-state index contributed by atoms with van der Waals surface area (Å²) in [5, 5.41) is 0.872. The van der Waals surface area contributed by atoms with Crippen molar-refractivity contribution in [1.29, 1.82) is 0 Å². The Balaban J connectivity index is 2.14. The summed E-state index contributed by atoms with van der Waals surface area (Å²) in [6, 6.07) is 3.70. The molecule has 2 aromatic rings. The van der Waals surface area contributed by atoms with Gasteiger partial charge in [-0.2, -0.15) is 0 Å². The molecule has 2 amide bonds. The number of hydrogen-bond acceptors (Lipinski definition) is 3. The van der Waals surface area contributed by atoms with E-state index in [1.165, 1.54) is 0 Å². The van der Waals surface area contributed by atoms with Gasteiger partial charge < -0.3 is 16.5 Å². The second-order valence-corrected chi connectivity index (χ2v) is 5.07. The Morgan fingerprint density at radius 1 is 1.33 bits per heavy atom. The van der Waals surface area contributed by atoms with E-state index in [9.17, 15) is 9.59 Å². The molecule has 2 aromatic heterocycles. The fraction of sp³-hybridized carbons (Fsp3) is 0.133. The van der Waals surface area contributed by atoms with Crippen molar-refractivity contribution in [2.75, 3.05) is 0 Å². The Labute approximate surface area is 120 Å². The standard InChI is InChI=1S/C15H14N4O2/c16-12(20)10-2-1-4-15(7-10,14(17)21)11-6-9-3-5-18-13(9)19-8-11/h1-6,8H,7H2,(H2,16,20)(H2,17,21)(H,18,19). The van der Waals surface area contributed by atoms with Gasteiger partial charge in [0.05, 0.1) is 5.41 Å². The van der Waals surface area contributed by atoms with Gasteiger partial charge in [-0.3, -0.25) is 9.59 Å². The summed E-state index contributed by atoms with van der Waals surface area (Å²) >= 11 is 0. The van der Waals surface area contributed by atoms with Crippen LogP contribution in [0, 0.1) is 0 Å². The summed E-state index contributed by atoms with van der Waals surface area (Å²) in [7, 11) is 0. The maximum absolute atomic E-state index is 12.1. The maximum atomic E-state index is 12.1. The molecule has 0 bridgehead atoms. The van der Waals surface area contributed by atoms with Crippen LogP contribution in [0.2, 0.25) is 0 Å². The summed E-state index contributed by atoms with van der Waals surface area (Å²) in [6.07, 6.45) is 8.44. The Morgan fingerprint density at radius 3 is 2.86 bits per heavy atom. The number of nitrogens with zero attached hydrogens (tertiary/aromatic N) is 1. The predicted molar refractivity (Wildman–Crippen MR) is 78.0 cm³/mol. The van der Waals surface area contributed by atoms with Crippen LogP contribution in [0.25, 0.3) is 11.0 Å². The van der Waals surface area contributed by atoms with Crippen LogP contribution >= 0.6 is 0 Å². The van der Waals surface area contributed by atoms with Crippen LogP contribution in [-0.2, 0) is 15.0 Å². The molecule has 1 atom stereocenters. The average molecular weight is 282 g/mol. The third kappa shape index (κ3) is 2.01. The molecule has 0 fully saturated rings. The van der Waals surface area contributed by atoms with E-state index in [0.717, 1.165) is 11.0 Å². The van der Waals surface area contributed by atoms with Crippen molar-refractivity contribution in [3.8, 4) is 0 Å². The number of hydrogen-bond donors (Lipinski definition) is 3. The Morgan fingerprint density at radius 2 is 2.14 bits per heavy atom. The van der Waals surface area contributed by atoms with Gasteiger partial charge in [0.15, 0.2) is 0 Å². The fourth-order valence-corrected chi connectivity index (χ4v) is 2.61. The Kier molecular flexibility index (Phi) is 2.86. The lowest BCUT2D eigenvalue weighted by Gasteiger charge is -2.30. The van der Waals surface area contributed by atoms with Crippen LogP contribution in [0.4, 0.5) is 0 Å². The van der Waals surface area contributed by atoms with Crippen LogP contribution < -0.4 is 11.5 Å². The smallest absolute Gasteiger partial charge is 0.244 e. The van der Waals surface area contributed by atoms with Crippen molar-refractivity contribution in [3.05, 3.63) is 53.9 Å². The van der Waals surface area contributed by atoms with Crippen molar-refractivity contribution in [2.45, 2.75) is 11.8 Å². The van der Waals surface area contributed by atoms with E-state index >= 15 is 0 Å². The number of carbonyl (C=O) groups excluding carboxylic acids is 2. The van der Waals surface area contributed by atoms with Crippen LogP contribution in [0.15, 0.2) is 48.3 Å². The van der Waals surface area contributed by atoms with Crippen molar-refractivity contribution in [2.24, 2.45) is 11.5 Å². The van der Waals surface area contributed by atoms with Gasteiger partial charge in [-0.15, -0.1) is 0 Å². The number of allylic oxidation sites excluding steroid dienone is 2. The lowest BCUT2D eigenvalue weighted by molar-refractivity contribution is -0.122. The van der Waals surface area contributed by atoms with E-state index < -0.39 is 17.2 Å². The van der Waals surface area contributed by atoms with E-state index in [1.54, 1.807) is 30.6 Å². The zero-order valence-electron chi connectivity index (χ0n) is 11.2. The summed E-state index contributed by atoms with van der Waals surface area (Å²) in [5.74, 6) is -1.09. The van der Waals surface area contributed by atoms with Crippen molar-refractivity contribution in [1.82, 2.24) is 9.97 Å². The Bertz CT molecular complexity index is 803. The quantitative estimate of drug-likeness (QED) is 0.767. The van der Waals surface area contributed by atoms with Gasteiger partial charge in [0.2, 0.25) is 11.8 Å². The highest BCUT2D eigenvalue weighted by molar-refractivity contribution is 5.97. The highest BCUT2D eigenvalue weighted by atomic mass is 16.1. The van der Waals surface area contributed by atoms with E-state index in [4.69, 9.17) is 11.5 Å². The summed E-state index contributed by atoms with van der Waals surface area (Å²) in [6.45, 7) is 0. The van der Waals surface area contributed by atoms with Crippen LogP contribution in [0.5, 0.6) is 0 Å². The monoisotopic (exact) mass is 282 g/mol. The molecule has 0 aromatic carbocycles. The number of pyridine rings is 1. The minimum atomic E-state index is -1.10. The van der Waals surface area contributed by atoms with Gasteiger partial charge in [-0.05, 0) is 24.1 Å². The second-order valence-electron chi connectivity index (χ2n) is 5.07. The third-order valence-electron chi connectivity index (χ3n) is 3.82. The maximum Gasteiger partial charge on any atom is 0.244 e. The molecule has 21 heavy (non-hydrogen) atoms. The highest BCUT2D eigenvalue weighted by Crippen LogP contribution is 2.36. The molecule has 5 N–H and O–H groups in total. The molecule has 3 rings (SSSR count).